The highest BCUT2D eigenvalue weighted by Gasteiger charge is 2.21. The van der Waals surface area contributed by atoms with E-state index < -0.39 is 0 Å². The van der Waals surface area contributed by atoms with Crippen molar-refractivity contribution in [2.75, 3.05) is 0 Å². The van der Waals surface area contributed by atoms with Gasteiger partial charge in [-0.25, -0.2) is 4.68 Å². The van der Waals surface area contributed by atoms with E-state index in [0.717, 1.165) is 5.39 Å². The molecule has 0 unspecified atom stereocenters. The van der Waals surface area contributed by atoms with Crippen LogP contribution in [0.4, 0.5) is 0 Å². The Morgan fingerprint density at radius 2 is 2.11 bits per heavy atom. The molecule has 0 amide bonds. The van der Waals surface area contributed by atoms with Crippen LogP contribution in [0.1, 0.15) is 26.5 Å². The van der Waals surface area contributed by atoms with Crippen molar-refractivity contribution in [3.05, 3.63) is 22.2 Å². The van der Waals surface area contributed by atoms with Crippen molar-refractivity contribution in [3.8, 4) is 6.07 Å². The molecule has 0 radical (unpaired) electrons. The summed E-state index contributed by atoms with van der Waals surface area (Å²) < 4.78 is 2.87. The second-order valence-corrected chi connectivity index (χ2v) is 5.20. The molecule has 18 heavy (non-hydrogen) atoms. The normalized spacial score (nSPS) is 11.7. The Labute approximate surface area is 104 Å². The number of fused-ring (bicyclic) bond motifs is 1. The molecule has 0 aliphatic carbocycles. The molecule has 0 saturated heterocycles. The summed E-state index contributed by atoms with van der Waals surface area (Å²) in [5.74, 6) is 0. The summed E-state index contributed by atoms with van der Waals surface area (Å²) in [6.07, 6.45) is 1.65. The van der Waals surface area contributed by atoms with Gasteiger partial charge in [0.1, 0.15) is 12.1 Å². The smallest absolute Gasteiger partial charge is 0.265 e. The summed E-state index contributed by atoms with van der Waals surface area (Å²) in [6.45, 7) is 7.69. The predicted octanol–water partition coefficient (Wildman–Crippen LogP) is 1.18. The molecule has 6 nitrogen and oxygen atoms in total. The highest BCUT2D eigenvalue weighted by atomic mass is 16.1. The number of aromatic nitrogens is 4. The summed E-state index contributed by atoms with van der Waals surface area (Å²) in [5.41, 5.74) is 0.643. The fourth-order valence-electron chi connectivity index (χ4n) is 1.90. The van der Waals surface area contributed by atoms with Gasteiger partial charge in [-0.3, -0.25) is 9.48 Å². The summed E-state index contributed by atoms with van der Waals surface area (Å²) in [4.78, 5) is 12.3. The first kappa shape index (κ1) is 12.3. The molecule has 2 rings (SSSR count). The van der Waals surface area contributed by atoms with Gasteiger partial charge in [-0.2, -0.15) is 15.5 Å². The van der Waals surface area contributed by atoms with Crippen LogP contribution >= 0.6 is 0 Å². The van der Waals surface area contributed by atoms with Crippen LogP contribution in [0.25, 0.3) is 10.9 Å². The Morgan fingerprint density at radius 3 is 2.67 bits per heavy atom. The van der Waals surface area contributed by atoms with E-state index >= 15 is 0 Å². The Morgan fingerprint density at radius 1 is 1.44 bits per heavy atom. The number of hydrogen-bond donors (Lipinski definition) is 0. The monoisotopic (exact) mass is 245 g/mol. The van der Waals surface area contributed by atoms with Gasteiger partial charge in [0, 0.05) is 5.39 Å². The molecule has 0 aliphatic heterocycles. The first-order valence-corrected chi connectivity index (χ1v) is 5.69. The predicted molar refractivity (Wildman–Crippen MR) is 67.1 cm³/mol. The fraction of sp³-hybridized carbons (Fsp3) is 0.500. The lowest BCUT2D eigenvalue weighted by Gasteiger charge is -2.20. The van der Waals surface area contributed by atoms with Crippen LogP contribution in [-0.4, -0.2) is 19.6 Å². The molecule has 0 aliphatic rings. The zero-order valence-corrected chi connectivity index (χ0v) is 10.9. The third kappa shape index (κ3) is 1.78. The van der Waals surface area contributed by atoms with E-state index in [0.29, 0.717) is 11.2 Å². The largest absolute Gasteiger partial charge is 0.293 e. The SMILES string of the molecule is Cc1nn(CC#N)c(=O)c2c1cnn2C(C)(C)C. The number of nitriles is 1. The minimum Gasteiger partial charge on any atom is -0.265 e. The van der Waals surface area contributed by atoms with Crippen molar-refractivity contribution in [3.63, 3.8) is 0 Å². The maximum atomic E-state index is 12.3. The molecule has 0 bridgehead atoms. The zero-order valence-electron chi connectivity index (χ0n) is 10.9. The quantitative estimate of drug-likeness (QED) is 0.756. The van der Waals surface area contributed by atoms with E-state index in [2.05, 4.69) is 10.2 Å². The van der Waals surface area contributed by atoms with E-state index in [-0.39, 0.29) is 17.6 Å². The number of rotatable bonds is 1. The van der Waals surface area contributed by atoms with Gasteiger partial charge in [0.2, 0.25) is 0 Å². The van der Waals surface area contributed by atoms with Crippen LogP contribution in [0, 0.1) is 18.3 Å². The average Bonchev–Trinajstić information content (AvgIpc) is 2.70. The van der Waals surface area contributed by atoms with Gasteiger partial charge in [-0.05, 0) is 27.7 Å². The molecular weight excluding hydrogens is 230 g/mol. The Bertz CT molecular complexity index is 696. The van der Waals surface area contributed by atoms with Crippen LogP contribution in [0.5, 0.6) is 0 Å². The van der Waals surface area contributed by atoms with Gasteiger partial charge in [-0.15, -0.1) is 0 Å². The summed E-state index contributed by atoms with van der Waals surface area (Å²) in [6, 6.07) is 1.94. The molecule has 0 saturated carbocycles. The van der Waals surface area contributed by atoms with Crippen LogP contribution in [0.3, 0.4) is 0 Å². The Hall–Kier alpha value is -2.16. The van der Waals surface area contributed by atoms with E-state index in [9.17, 15) is 4.79 Å². The molecule has 2 aromatic rings. The highest BCUT2D eigenvalue weighted by molar-refractivity contribution is 5.79. The van der Waals surface area contributed by atoms with Gasteiger partial charge < -0.3 is 0 Å². The Balaban J connectivity index is 2.88. The summed E-state index contributed by atoms with van der Waals surface area (Å²) in [5, 5.41) is 17.8. The molecule has 0 atom stereocenters. The minimum atomic E-state index is -0.292. The van der Waals surface area contributed by atoms with Crippen molar-refractivity contribution in [1.82, 2.24) is 19.6 Å². The first-order valence-electron chi connectivity index (χ1n) is 5.69. The maximum Gasteiger partial charge on any atom is 0.293 e. The molecule has 94 valence electrons. The van der Waals surface area contributed by atoms with Crippen LogP contribution in [-0.2, 0) is 12.1 Å². The van der Waals surface area contributed by atoms with E-state index in [1.165, 1.54) is 4.68 Å². The van der Waals surface area contributed by atoms with Gasteiger partial charge in [-0.1, -0.05) is 0 Å². The van der Waals surface area contributed by atoms with Crippen molar-refractivity contribution in [1.29, 1.82) is 5.26 Å². The molecule has 0 spiro atoms. The second-order valence-electron chi connectivity index (χ2n) is 5.20. The van der Waals surface area contributed by atoms with Gasteiger partial charge in [0.25, 0.3) is 5.56 Å². The maximum absolute atomic E-state index is 12.3. The lowest BCUT2D eigenvalue weighted by molar-refractivity contribution is 0.366. The van der Waals surface area contributed by atoms with Crippen molar-refractivity contribution in [2.45, 2.75) is 39.8 Å². The topological polar surface area (TPSA) is 76.5 Å². The number of aryl methyl sites for hydroxylation is 1. The zero-order chi connectivity index (χ0) is 13.5. The standard InChI is InChI=1S/C12H15N5O/c1-8-9-7-14-17(12(2,3)4)10(9)11(18)16(15-8)6-5-13/h7H,6H2,1-4H3. The molecule has 0 N–H and O–H groups in total. The van der Waals surface area contributed by atoms with Crippen molar-refractivity contribution >= 4 is 10.9 Å². The molecule has 0 aromatic carbocycles. The van der Waals surface area contributed by atoms with E-state index in [1.54, 1.807) is 10.9 Å². The van der Waals surface area contributed by atoms with Crippen molar-refractivity contribution in [2.24, 2.45) is 0 Å². The second kappa shape index (κ2) is 3.95. The van der Waals surface area contributed by atoms with E-state index in [1.807, 2.05) is 33.8 Å². The molecular formula is C12H15N5O. The van der Waals surface area contributed by atoms with Gasteiger partial charge in [0.15, 0.2) is 0 Å². The molecule has 2 heterocycles. The third-order valence-corrected chi connectivity index (χ3v) is 2.72. The van der Waals surface area contributed by atoms with Crippen LogP contribution in [0.15, 0.2) is 11.0 Å². The molecule has 6 heteroatoms. The summed E-state index contributed by atoms with van der Waals surface area (Å²) in [7, 11) is 0. The van der Waals surface area contributed by atoms with Gasteiger partial charge in [0.05, 0.1) is 23.5 Å². The molecule has 0 fully saturated rings. The minimum absolute atomic E-state index is 0.0507. The summed E-state index contributed by atoms with van der Waals surface area (Å²) >= 11 is 0. The van der Waals surface area contributed by atoms with Crippen molar-refractivity contribution < 1.29 is 0 Å². The van der Waals surface area contributed by atoms with E-state index in [4.69, 9.17) is 5.26 Å². The van der Waals surface area contributed by atoms with Crippen LogP contribution < -0.4 is 5.56 Å². The number of nitrogens with zero attached hydrogens (tertiary/aromatic N) is 5. The average molecular weight is 245 g/mol. The van der Waals surface area contributed by atoms with Crippen LogP contribution in [0.2, 0.25) is 0 Å². The Kier molecular flexibility index (Phi) is 2.70. The number of hydrogen-bond acceptors (Lipinski definition) is 4. The molecule has 2 aromatic heterocycles. The fourth-order valence-corrected chi connectivity index (χ4v) is 1.90. The third-order valence-electron chi connectivity index (χ3n) is 2.72. The lowest BCUT2D eigenvalue weighted by atomic mass is 10.1. The first-order chi connectivity index (χ1) is 8.36. The lowest BCUT2D eigenvalue weighted by Crippen LogP contribution is -2.30. The highest BCUT2D eigenvalue weighted by Crippen LogP contribution is 2.20. The van der Waals surface area contributed by atoms with Gasteiger partial charge >= 0.3 is 0 Å².